The Morgan fingerprint density at radius 1 is 1.05 bits per heavy atom. The van der Waals surface area contributed by atoms with Gasteiger partial charge >= 0.3 is 6.03 Å². The molecule has 43 heavy (non-hydrogen) atoms. The quantitative estimate of drug-likeness (QED) is 0.225. The van der Waals surface area contributed by atoms with E-state index in [1.54, 1.807) is 36.3 Å². The van der Waals surface area contributed by atoms with Crippen LogP contribution in [0.15, 0.2) is 54.9 Å². The number of fused-ring (bicyclic) bond motifs is 1. The van der Waals surface area contributed by atoms with E-state index in [2.05, 4.69) is 21.3 Å². The Balaban J connectivity index is 1.09. The first-order valence-electron chi connectivity index (χ1n) is 14.8. The lowest BCUT2D eigenvalue weighted by Crippen LogP contribution is -2.47. The van der Waals surface area contributed by atoms with Gasteiger partial charge in [0.2, 0.25) is 0 Å². The van der Waals surface area contributed by atoms with Crippen molar-refractivity contribution in [2.24, 2.45) is 5.92 Å². The molecular formula is C33H36FN5O3S. The van der Waals surface area contributed by atoms with Crippen molar-refractivity contribution in [2.45, 2.75) is 51.1 Å². The minimum absolute atomic E-state index is 0.0393. The monoisotopic (exact) mass is 601 g/mol. The molecule has 10 heteroatoms. The Morgan fingerprint density at radius 2 is 1.84 bits per heavy atom. The van der Waals surface area contributed by atoms with E-state index in [0.717, 1.165) is 71.7 Å². The van der Waals surface area contributed by atoms with Gasteiger partial charge in [0.05, 0.1) is 20.8 Å². The van der Waals surface area contributed by atoms with Crippen LogP contribution in [0.25, 0.3) is 20.8 Å². The highest BCUT2D eigenvalue weighted by Crippen LogP contribution is 2.39. The van der Waals surface area contributed by atoms with Crippen molar-refractivity contribution in [1.82, 2.24) is 25.1 Å². The van der Waals surface area contributed by atoms with E-state index in [4.69, 9.17) is 9.72 Å². The van der Waals surface area contributed by atoms with Crippen LogP contribution in [0.1, 0.15) is 43.2 Å². The number of benzene rings is 1. The van der Waals surface area contributed by atoms with Gasteiger partial charge in [-0.25, -0.2) is 9.18 Å². The summed E-state index contributed by atoms with van der Waals surface area (Å²) in [7, 11) is 3.52. The summed E-state index contributed by atoms with van der Waals surface area (Å²) in [6.45, 7) is 2.68. The van der Waals surface area contributed by atoms with Gasteiger partial charge in [-0.05, 0) is 67.0 Å². The van der Waals surface area contributed by atoms with Gasteiger partial charge in [0, 0.05) is 71.1 Å². The minimum atomic E-state index is -0.488. The number of urea groups is 1. The third kappa shape index (κ3) is 7.02. The fourth-order valence-corrected chi connectivity index (χ4v) is 6.69. The first kappa shape index (κ1) is 29.2. The molecule has 0 unspecified atom stereocenters. The zero-order valence-electron chi connectivity index (χ0n) is 24.5. The van der Waals surface area contributed by atoms with Crippen LogP contribution < -0.4 is 10.1 Å². The lowest BCUT2D eigenvalue weighted by molar-refractivity contribution is -0.118. The van der Waals surface area contributed by atoms with Gasteiger partial charge in [-0.1, -0.05) is 12.1 Å². The molecule has 1 saturated carbocycles. The number of aromatic nitrogens is 2. The lowest BCUT2D eigenvalue weighted by atomic mass is 10.0. The molecule has 4 aromatic rings. The van der Waals surface area contributed by atoms with Gasteiger partial charge in [-0.15, -0.1) is 11.3 Å². The topological polar surface area (TPSA) is 87.7 Å². The van der Waals surface area contributed by atoms with Crippen LogP contribution in [-0.4, -0.2) is 64.8 Å². The van der Waals surface area contributed by atoms with Crippen molar-refractivity contribution in [2.75, 3.05) is 27.2 Å². The number of pyridine rings is 2. The molecule has 2 fully saturated rings. The van der Waals surface area contributed by atoms with Crippen LogP contribution in [0, 0.1) is 11.7 Å². The zero-order chi connectivity index (χ0) is 29.9. The maximum atomic E-state index is 15.0. The molecule has 0 atom stereocenters. The summed E-state index contributed by atoms with van der Waals surface area (Å²) in [4.78, 5) is 38.5. The first-order chi connectivity index (χ1) is 20.9. The van der Waals surface area contributed by atoms with Crippen molar-refractivity contribution >= 4 is 33.4 Å². The predicted molar refractivity (Wildman–Crippen MR) is 166 cm³/mol. The average molecular weight is 602 g/mol. The number of hydrogen-bond donors (Lipinski definition) is 1. The predicted octanol–water partition coefficient (Wildman–Crippen LogP) is 6.44. The normalized spacial score (nSPS) is 15.9. The Bertz CT molecular complexity index is 1610. The maximum absolute atomic E-state index is 15.0. The number of nitrogens with zero attached hydrogens (tertiary/aromatic N) is 4. The molecule has 4 heterocycles. The van der Waals surface area contributed by atoms with Crippen LogP contribution in [0.2, 0.25) is 0 Å². The molecule has 1 aliphatic carbocycles. The van der Waals surface area contributed by atoms with E-state index >= 15 is 0 Å². The number of Topliss-reactive ketones (excluding diaryl/α,β-unsaturated/α-hetero) is 1. The number of ether oxygens (including phenoxy) is 1. The van der Waals surface area contributed by atoms with Crippen molar-refractivity contribution in [3.63, 3.8) is 0 Å². The molecule has 8 nitrogen and oxygen atoms in total. The molecule has 224 valence electrons. The molecule has 2 aliphatic rings. The second-order valence-corrected chi connectivity index (χ2v) is 12.6. The maximum Gasteiger partial charge on any atom is 0.317 e. The smallest absolute Gasteiger partial charge is 0.317 e. The van der Waals surface area contributed by atoms with Gasteiger partial charge in [0.25, 0.3) is 0 Å². The Morgan fingerprint density at radius 3 is 2.53 bits per heavy atom. The van der Waals surface area contributed by atoms with Crippen LogP contribution in [0.3, 0.4) is 0 Å². The Hall–Kier alpha value is -3.89. The summed E-state index contributed by atoms with van der Waals surface area (Å²) in [6, 6.07) is 12.8. The largest absolute Gasteiger partial charge is 0.453 e. The van der Waals surface area contributed by atoms with Gasteiger partial charge in [0.15, 0.2) is 11.6 Å². The van der Waals surface area contributed by atoms with Gasteiger partial charge in [-0.3, -0.25) is 19.7 Å². The number of carbonyl (C=O) groups excluding carboxylic acids is 2. The molecule has 2 amide bonds. The number of rotatable bonds is 10. The van der Waals surface area contributed by atoms with E-state index in [-0.39, 0.29) is 30.0 Å². The SMILES string of the molecule is CNC(=O)N(C)C1CCN(Cc2ccc(-c3cc4nccc(Oc5ccc(CC(=O)CC6CC6)cc5F)c4s3)nc2)CC1. The second-order valence-electron chi connectivity index (χ2n) is 11.6. The van der Waals surface area contributed by atoms with E-state index in [0.29, 0.717) is 23.7 Å². The molecular weight excluding hydrogens is 565 g/mol. The fraction of sp³-hybridized carbons (Fsp3) is 0.394. The Kier molecular flexibility index (Phi) is 8.67. The summed E-state index contributed by atoms with van der Waals surface area (Å²) >= 11 is 1.51. The standard InChI is InChI=1S/C33H36FN5O3S/c1-35-33(41)38(2)24-10-13-39(14-11-24)20-23-5-7-27(37-19-23)31-18-28-32(43-31)30(9-12-36-28)42-29-8-6-22(17-26(29)34)16-25(40)15-21-3-4-21/h5-9,12,17-19,21,24H,3-4,10-11,13-16,20H2,1-2H3,(H,35,41). The summed E-state index contributed by atoms with van der Waals surface area (Å²) in [5, 5.41) is 2.70. The summed E-state index contributed by atoms with van der Waals surface area (Å²) in [6.07, 6.45) is 8.56. The van der Waals surface area contributed by atoms with E-state index < -0.39 is 5.82 Å². The van der Waals surface area contributed by atoms with Crippen molar-refractivity contribution in [3.8, 4) is 22.1 Å². The average Bonchev–Trinajstić information content (AvgIpc) is 3.72. The third-order valence-electron chi connectivity index (χ3n) is 8.33. The number of amides is 2. The lowest BCUT2D eigenvalue weighted by Gasteiger charge is -2.36. The number of thiophene rings is 1. The molecule has 1 N–H and O–H groups in total. The number of hydrogen-bond acceptors (Lipinski definition) is 7. The van der Waals surface area contributed by atoms with Crippen LogP contribution in [-0.2, 0) is 17.8 Å². The third-order valence-corrected chi connectivity index (χ3v) is 9.49. The molecule has 6 rings (SSSR count). The molecule has 1 aromatic carbocycles. The van der Waals surface area contributed by atoms with E-state index in [1.807, 2.05) is 25.4 Å². The fourth-order valence-electron chi connectivity index (χ4n) is 5.65. The molecule has 3 aromatic heterocycles. The van der Waals surface area contributed by atoms with Gasteiger partial charge in [0.1, 0.15) is 11.5 Å². The number of carbonyl (C=O) groups is 2. The number of halogens is 1. The number of piperidine rings is 1. The van der Waals surface area contributed by atoms with Crippen molar-refractivity contribution in [3.05, 3.63) is 71.8 Å². The Labute approximate surface area is 254 Å². The number of likely N-dealkylation sites (tertiary alicyclic amines) is 1. The zero-order valence-corrected chi connectivity index (χ0v) is 25.3. The van der Waals surface area contributed by atoms with Crippen LogP contribution in [0.4, 0.5) is 9.18 Å². The van der Waals surface area contributed by atoms with Crippen molar-refractivity contribution < 1.29 is 18.7 Å². The minimum Gasteiger partial charge on any atom is -0.453 e. The van der Waals surface area contributed by atoms with Crippen molar-refractivity contribution in [1.29, 1.82) is 0 Å². The van der Waals surface area contributed by atoms with E-state index in [9.17, 15) is 14.0 Å². The number of ketones is 1. The highest BCUT2D eigenvalue weighted by molar-refractivity contribution is 7.22. The molecule has 0 bridgehead atoms. The van der Waals surface area contributed by atoms with Gasteiger partial charge < -0.3 is 15.0 Å². The summed E-state index contributed by atoms with van der Waals surface area (Å²) in [5.41, 5.74) is 3.41. The second kappa shape index (κ2) is 12.8. The van der Waals surface area contributed by atoms with Crippen LogP contribution in [0.5, 0.6) is 11.5 Å². The first-order valence-corrected chi connectivity index (χ1v) is 15.7. The van der Waals surface area contributed by atoms with E-state index in [1.165, 1.54) is 17.4 Å². The highest BCUT2D eigenvalue weighted by atomic mass is 32.1. The highest BCUT2D eigenvalue weighted by Gasteiger charge is 2.26. The number of nitrogens with one attached hydrogen (secondary N) is 1. The van der Waals surface area contributed by atoms with Gasteiger partial charge in [-0.2, -0.15) is 0 Å². The molecule has 1 saturated heterocycles. The molecule has 0 spiro atoms. The summed E-state index contributed by atoms with van der Waals surface area (Å²) < 4.78 is 21.8. The summed E-state index contributed by atoms with van der Waals surface area (Å²) in [5.74, 6) is 0.842. The molecule has 0 radical (unpaired) electrons. The molecule has 1 aliphatic heterocycles. The van der Waals surface area contributed by atoms with Crippen LogP contribution >= 0.6 is 11.3 Å².